The molecule has 0 bridgehead atoms. The molecule has 0 radical (unpaired) electrons. The molecule has 1 N–H and O–H groups in total. The number of carbonyl (C=O) groups excluding carboxylic acids is 3. The summed E-state index contributed by atoms with van der Waals surface area (Å²) in [6, 6.07) is 10.1. The minimum atomic E-state index is -0.246. The van der Waals surface area contributed by atoms with Crippen LogP contribution in [0, 0.1) is 0 Å². The van der Waals surface area contributed by atoms with E-state index in [1.165, 1.54) is 11.3 Å². The lowest BCUT2D eigenvalue weighted by Crippen LogP contribution is -2.30. The highest BCUT2D eigenvalue weighted by Gasteiger charge is 2.14. The first-order valence-corrected chi connectivity index (χ1v) is 9.61. The number of nitrogens with zero attached hydrogens (tertiary/aromatic N) is 1. The Hall–Kier alpha value is -2.18. The predicted octanol–water partition coefficient (Wildman–Crippen LogP) is 4.49. The highest BCUT2D eigenvalue weighted by atomic mass is 35.5. The topological polar surface area (TPSA) is 66.5 Å². The van der Waals surface area contributed by atoms with Crippen LogP contribution in [0.2, 0.25) is 4.34 Å². The first kappa shape index (κ1) is 20.1. The number of hydrogen-bond acceptors (Lipinski definition) is 4. The third-order valence-corrected chi connectivity index (χ3v) is 5.17. The maximum Gasteiger partial charge on any atom is 0.253 e. The highest BCUT2D eigenvalue weighted by Crippen LogP contribution is 2.23. The molecule has 5 nitrogen and oxygen atoms in total. The summed E-state index contributed by atoms with van der Waals surface area (Å²) in [6.07, 6.45) is 0.218. The molecule has 138 valence electrons. The van der Waals surface area contributed by atoms with Crippen LogP contribution in [0.5, 0.6) is 0 Å². The van der Waals surface area contributed by atoms with E-state index >= 15 is 0 Å². The fourth-order valence-electron chi connectivity index (χ4n) is 2.43. The number of amides is 2. The third-order valence-electron chi connectivity index (χ3n) is 3.89. The van der Waals surface area contributed by atoms with Crippen molar-refractivity contribution in [2.24, 2.45) is 0 Å². The van der Waals surface area contributed by atoms with E-state index in [9.17, 15) is 14.4 Å². The quantitative estimate of drug-likeness (QED) is 0.673. The van der Waals surface area contributed by atoms with Gasteiger partial charge in [-0.15, -0.1) is 11.3 Å². The Labute approximate surface area is 162 Å². The van der Waals surface area contributed by atoms with Gasteiger partial charge in [0.15, 0.2) is 5.78 Å². The van der Waals surface area contributed by atoms with Gasteiger partial charge < -0.3 is 10.2 Å². The van der Waals surface area contributed by atoms with Gasteiger partial charge in [0.1, 0.15) is 0 Å². The molecule has 0 atom stereocenters. The molecule has 7 heteroatoms. The number of benzene rings is 1. The van der Waals surface area contributed by atoms with E-state index in [2.05, 4.69) is 5.32 Å². The third kappa shape index (κ3) is 5.41. The van der Waals surface area contributed by atoms with Crippen molar-refractivity contribution in [1.29, 1.82) is 0 Å². The van der Waals surface area contributed by atoms with Gasteiger partial charge >= 0.3 is 0 Å². The van der Waals surface area contributed by atoms with E-state index in [4.69, 9.17) is 11.6 Å². The van der Waals surface area contributed by atoms with E-state index in [1.807, 2.05) is 13.8 Å². The molecule has 1 aromatic heterocycles. The summed E-state index contributed by atoms with van der Waals surface area (Å²) >= 11 is 7.02. The zero-order chi connectivity index (χ0) is 19.1. The minimum Gasteiger partial charge on any atom is -0.339 e. The summed E-state index contributed by atoms with van der Waals surface area (Å²) in [7, 11) is 0. The molecule has 1 aromatic carbocycles. The number of anilines is 1. The molecule has 0 spiro atoms. The monoisotopic (exact) mass is 392 g/mol. The van der Waals surface area contributed by atoms with Crippen LogP contribution >= 0.6 is 22.9 Å². The van der Waals surface area contributed by atoms with Crippen molar-refractivity contribution < 1.29 is 14.4 Å². The number of halogens is 1. The summed E-state index contributed by atoms with van der Waals surface area (Å²) in [5.74, 6) is -0.380. The van der Waals surface area contributed by atoms with Crippen LogP contribution in [0.3, 0.4) is 0 Å². The van der Waals surface area contributed by atoms with Gasteiger partial charge in [-0.1, -0.05) is 11.6 Å². The van der Waals surface area contributed by atoms with Crippen molar-refractivity contribution in [3.8, 4) is 0 Å². The molecule has 26 heavy (non-hydrogen) atoms. The van der Waals surface area contributed by atoms with E-state index < -0.39 is 0 Å². The molecule has 0 fully saturated rings. The number of nitrogens with one attached hydrogen (secondary N) is 1. The molecule has 0 unspecified atom stereocenters. The SMILES string of the molecule is CCN(CC)C(=O)c1ccc(NC(=O)CCC(=O)c2ccc(Cl)s2)cc1. The standard InChI is InChI=1S/C19H21ClN2O3S/c1-3-22(4-2)19(25)13-5-7-14(8-6-13)21-18(24)12-9-15(23)16-10-11-17(20)26-16/h5-8,10-11H,3-4,9,12H2,1-2H3,(H,21,24). The van der Waals surface area contributed by atoms with Crippen molar-refractivity contribution in [2.45, 2.75) is 26.7 Å². The fourth-order valence-corrected chi connectivity index (χ4v) is 3.44. The fraction of sp³-hybridized carbons (Fsp3) is 0.316. The Morgan fingerprint density at radius 3 is 2.19 bits per heavy atom. The largest absolute Gasteiger partial charge is 0.339 e. The van der Waals surface area contributed by atoms with Gasteiger partial charge in [-0.05, 0) is 50.2 Å². The van der Waals surface area contributed by atoms with Crippen molar-refractivity contribution in [3.63, 3.8) is 0 Å². The predicted molar refractivity (Wildman–Crippen MR) is 105 cm³/mol. The Morgan fingerprint density at radius 1 is 1.00 bits per heavy atom. The van der Waals surface area contributed by atoms with Crippen LogP contribution in [0.4, 0.5) is 5.69 Å². The number of ketones is 1. The van der Waals surface area contributed by atoms with Gasteiger partial charge in [0.25, 0.3) is 5.91 Å². The average Bonchev–Trinajstić information content (AvgIpc) is 3.08. The number of thiophene rings is 1. The van der Waals surface area contributed by atoms with E-state index in [-0.39, 0.29) is 30.4 Å². The molecule has 2 rings (SSSR count). The molecule has 0 saturated heterocycles. The minimum absolute atomic E-state index is 0.0342. The summed E-state index contributed by atoms with van der Waals surface area (Å²) in [5.41, 5.74) is 1.18. The van der Waals surface area contributed by atoms with Crippen molar-refractivity contribution in [3.05, 3.63) is 51.2 Å². The molecule has 0 saturated carbocycles. The lowest BCUT2D eigenvalue weighted by atomic mass is 10.1. The number of Topliss-reactive ketones (excluding diaryl/α,β-unsaturated/α-hetero) is 1. The maximum atomic E-state index is 12.2. The Morgan fingerprint density at radius 2 is 1.65 bits per heavy atom. The van der Waals surface area contributed by atoms with Crippen LogP contribution in [0.25, 0.3) is 0 Å². The van der Waals surface area contributed by atoms with Gasteiger partial charge in [0.2, 0.25) is 5.91 Å². The van der Waals surface area contributed by atoms with Gasteiger partial charge in [-0.25, -0.2) is 0 Å². The maximum absolute atomic E-state index is 12.2. The van der Waals surface area contributed by atoms with Crippen LogP contribution in [0.15, 0.2) is 36.4 Å². The van der Waals surface area contributed by atoms with E-state index in [0.717, 1.165) is 0 Å². The van der Waals surface area contributed by atoms with Crippen molar-refractivity contribution in [1.82, 2.24) is 4.90 Å². The van der Waals surface area contributed by atoms with Gasteiger partial charge in [-0.2, -0.15) is 0 Å². The summed E-state index contributed by atoms with van der Waals surface area (Å²) in [5, 5.41) is 2.74. The first-order valence-electron chi connectivity index (χ1n) is 8.42. The molecule has 2 amide bonds. The Balaban J connectivity index is 1.87. The summed E-state index contributed by atoms with van der Waals surface area (Å²) in [6.45, 7) is 5.16. The highest BCUT2D eigenvalue weighted by molar-refractivity contribution is 7.18. The molecule has 2 aromatic rings. The first-order chi connectivity index (χ1) is 12.4. The average molecular weight is 393 g/mol. The second-order valence-electron chi connectivity index (χ2n) is 5.63. The summed E-state index contributed by atoms with van der Waals surface area (Å²) < 4.78 is 0.553. The molecule has 1 heterocycles. The number of carbonyl (C=O) groups is 3. The van der Waals surface area contributed by atoms with E-state index in [1.54, 1.807) is 41.3 Å². The second kappa shape index (κ2) is 9.50. The summed E-state index contributed by atoms with van der Waals surface area (Å²) in [4.78, 5) is 38.5. The lowest BCUT2D eigenvalue weighted by molar-refractivity contribution is -0.116. The normalized spacial score (nSPS) is 10.4. The Bertz CT molecular complexity index is 782. The van der Waals surface area contributed by atoms with E-state index in [0.29, 0.717) is 33.6 Å². The molecular weight excluding hydrogens is 372 g/mol. The van der Waals surface area contributed by atoms with Crippen molar-refractivity contribution >= 4 is 46.2 Å². The van der Waals surface area contributed by atoms with Crippen molar-refractivity contribution in [2.75, 3.05) is 18.4 Å². The van der Waals surface area contributed by atoms with Gasteiger partial charge in [-0.3, -0.25) is 14.4 Å². The zero-order valence-corrected chi connectivity index (χ0v) is 16.3. The van der Waals surface area contributed by atoms with Crippen LogP contribution in [-0.2, 0) is 4.79 Å². The molecule has 0 aliphatic heterocycles. The lowest BCUT2D eigenvalue weighted by Gasteiger charge is -2.18. The molecular formula is C19H21ClN2O3S. The van der Waals surface area contributed by atoms with Crippen LogP contribution in [0.1, 0.15) is 46.7 Å². The van der Waals surface area contributed by atoms with Crippen LogP contribution < -0.4 is 5.32 Å². The molecule has 0 aliphatic carbocycles. The zero-order valence-electron chi connectivity index (χ0n) is 14.8. The Kier molecular flexibility index (Phi) is 7.36. The van der Waals surface area contributed by atoms with Gasteiger partial charge in [0.05, 0.1) is 9.21 Å². The second-order valence-corrected chi connectivity index (χ2v) is 7.34. The van der Waals surface area contributed by atoms with Crippen LogP contribution in [-0.4, -0.2) is 35.6 Å². The number of rotatable bonds is 8. The number of hydrogen-bond donors (Lipinski definition) is 1. The molecule has 0 aliphatic rings. The van der Waals surface area contributed by atoms with Gasteiger partial charge in [0, 0.05) is 37.2 Å². The smallest absolute Gasteiger partial charge is 0.253 e.